The molecule has 0 saturated carbocycles. The van der Waals surface area contributed by atoms with E-state index in [9.17, 15) is 8.42 Å². The molecule has 2 aliphatic rings. The van der Waals surface area contributed by atoms with Crippen molar-refractivity contribution in [3.8, 4) is 5.75 Å². The summed E-state index contributed by atoms with van der Waals surface area (Å²) in [7, 11) is -1.70. The maximum atomic E-state index is 14.0. The van der Waals surface area contributed by atoms with Crippen molar-refractivity contribution < 1.29 is 13.2 Å². The van der Waals surface area contributed by atoms with Gasteiger partial charge in [-0.05, 0) is 50.4 Å². The molecule has 0 radical (unpaired) electrons. The molecule has 35 heavy (non-hydrogen) atoms. The summed E-state index contributed by atoms with van der Waals surface area (Å²) >= 11 is 0. The monoisotopic (exact) mass is 489 g/mol. The average Bonchev–Trinajstić information content (AvgIpc) is 3.20. The second-order valence-electron chi connectivity index (χ2n) is 9.14. The Bertz CT molecular complexity index is 1300. The van der Waals surface area contributed by atoms with Crippen LogP contribution in [0.5, 0.6) is 5.75 Å². The molecule has 0 aromatic heterocycles. The fourth-order valence-corrected chi connectivity index (χ4v) is 6.36. The van der Waals surface area contributed by atoms with Gasteiger partial charge in [-0.15, -0.1) is 0 Å². The predicted octanol–water partition coefficient (Wildman–Crippen LogP) is 4.46. The average molecular weight is 490 g/mol. The SMILES string of the molecule is Cc1ccc(S(=O)(=O)N2/C(=C/COc3ccccc3)C(N3CCN(C)CC3)c3ccccc32)cc1. The van der Waals surface area contributed by atoms with E-state index in [1.165, 1.54) is 4.31 Å². The summed E-state index contributed by atoms with van der Waals surface area (Å²) in [6.45, 7) is 5.85. The highest BCUT2D eigenvalue weighted by Crippen LogP contribution is 2.48. The molecule has 3 aromatic rings. The van der Waals surface area contributed by atoms with Gasteiger partial charge < -0.3 is 9.64 Å². The third kappa shape index (κ3) is 4.72. The largest absolute Gasteiger partial charge is 0.489 e. The van der Waals surface area contributed by atoms with Crippen molar-refractivity contribution in [1.82, 2.24) is 9.80 Å². The number of aryl methyl sites for hydroxylation is 1. The molecule has 6 nitrogen and oxygen atoms in total. The van der Waals surface area contributed by atoms with Crippen LogP contribution in [-0.2, 0) is 10.0 Å². The second kappa shape index (κ2) is 9.85. The summed E-state index contributed by atoms with van der Waals surface area (Å²) < 4.78 is 35.6. The lowest BCUT2D eigenvalue weighted by atomic mass is 10.0. The van der Waals surface area contributed by atoms with E-state index in [4.69, 9.17) is 4.74 Å². The first-order valence-corrected chi connectivity index (χ1v) is 13.4. The molecule has 7 heteroatoms. The third-order valence-electron chi connectivity index (χ3n) is 6.71. The van der Waals surface area contributed by atoms with Gasteiger partial charge >= 0.3 is 0 Å². The molecule has 1 saturated heterocycles. The molecule has 1 atom stereocenters. The number of benzene rings is 3. The van der Waals surface area contributed by atoms with Crippen LogP contribution in [0.25, 0.3) is 0 Å². The molecule has 0 N–H and O–H groups in total. The standard InChI is InChI=1S/C28H31N3O3S/c1-22-12-14-24(15-13-22)35(32,33)31-26-11-7-6-10-25(26)28(30-19-17-29(2)18-20-30)27(31)16-21-34-23-8-4-3-5-9-23/h3-16,28H,17-21H2,1-2H3/b27-16+. The first kappa shape index (κ1) is 23.6. The predicted molar refractivity (Wildman–Crippen MR) is 139 cm³/mol. The molecule has 3 aromatic carbocycles. The topological polar surface area (TPSA) is 53.1 Å². The molecule has 2 aliphatic heterocycles. The zero-order valence-corrected chi connectivity index (χ0v) is 21.0. The number of nitrogens with zero attached hydrogens (tertiary/aromatic N) is 3. The van der Waals surface area contributed by atoms with E-state index in [0.29, 0.717) is 5.69 Å². The number of para-hydroxylation sites is 2. The Morgan fingerprint density at radius 3 is 2.26 bits per heavy atom. The highest BCUT2D eigenvalue weighted by atomic mass is 32.2. The normalized spacial score (nSPS) is 20.2. The van der Waals surface area contributed by atoms with E-state index in [1.807, 2.05) is 73.7 Å². The lowest BCUT2D eigenvalue weighted by Gasteiger charge is -2.37. The maximum Gasteiger partial charge on any atom is 0.268 e. The van der Waals surface area contributed by atoms with Crippen LogP contribution in [0.3, 0.4) is 0 Å². The van der Waals surface area contributed by atoms with Gasteiger partial charge in [-0.3, -0.25) is 4.90 Å². The Hall–Kier alpha value is -3.13. The van der Waals surface area contributed by atoms with Gasteiger partial charge in [-0.25, -0.2) is 12.7 Å². The first-order valence-electron chi connectivity index (χ1n) is 12.0. The van der Waals surface area contributed by atoms with Crippen molar-refractivity contribution in [3.63, 3.8) is 0 Å². The summed E-state index contributed by atoms with van der Waals surface area (Å²) in [6.07, 6.45) is 1.93. The lowest BCUT2D eigenvalue weighted by molar-refractivity contribution is 0.127. The summed E-state index contributed by atoms with van der Waals surface area (Å²) in [5.41, 5.74) is 3.47. The summed E-state index contributed by atoms with van der Waals surface area (Å²) in [4.78, 5) is 4.98. The fraction of sp³-hybridized carbons (Fsp3) is 0.286. The second-order valence-corrected chi connectivity index (χ2v) is 10.9. The van der Waals surface area contributed by atoms with Gasteiger partial charge in [-0.1, -0.05) is 54.1 Å². The quantitative estimate of drug-likeness (QED) is 0.512. The van der Waals surface area contributed by atoms with Crippen molar-refractivity contribution in [2.75, 3.05) is 44.1 Å². The van der Waals surface area contributed by atoms with E-state index >= 15 is 0 Å². The fourth-order valence-electron chi connectivity index (χ4n) is 4.80. The van der Waals surface area contributed by atoms with Gasteiger partial charge in [0.1, 0.15) is 12.4 Å². The number of likely N-dealkylation sites (N-methyl/N-ethyl adjacent to an activating group) is 1. The van der Waals surface area contributed by atoms with Crippen molar-refractivity contribution in [2.24, 2.45) is 0 Å². The molecular weight excluding hydrogens is 458 g/mol. The van der Waals surface area contributed by atoms with Crippen LogP contribution in [0.15, 0.2) is 95.5 Å². The summed E-state index contributed by atoms with van der Waals surface area (Å²) in [5.74, 6) is 0.754. The zero-order valence-electron chi connectivity index (χ0n) is 20.2. The van der Waals surface area contributed by atoms with Crippen LogP contribution in [0.2, 0.25) is 0 Å². The van der Waals surface area contributed by atoms with Crippen molar-refractivity contribution in [2.45, 2.75) is 17.9 Å². The van der Waals surface area contributed by atoms with Gasteiger partial charge in [0.15, 0.2) is 0 Å². The van der Waals surface area contributed by atoms with Crippen LogP contribution in [0.1, 0.15) is 17.2 Å². The van der Waals surface area contributed by atoms with E-state index in [2.05, 4.69) is 22.9 Å². The van der Waals surface area contributed by atoms with Gasteiger partial charge in [0.05, 0.1) is 22.3 Å². The number of anilines is 1. The van der Waals surface area contributed by atoms with Crippen LogP contribution >= 0.6 is 0 Å². The van der Waals surface area contributed by atoms with Crippen molar-refractivity contribution >= 4 is 15.7 Å². The molecule has 0 spiro atoms. The van der Waals surface area contributed by atoms with Gasteiger partial charge in [0.25, 0.3) is 10.0 Å². The van der Waals surface area contributed by atoms with Crippen molar-refractivity contribution in [1.29, 1.82) is 0 Å². The van der Waals surface area contributed by atoms with E-state index < -0.39 is 10.0 Å². The highest BCUT2D eigenvalue weighted by Gasteiger charge is 2.43. The minimum atomic E-state index is -3.82. The smallest absolute Gasteiger partial charge is 0.268 e. The molecule has 2 heterocycles. The molecular formula is C28H31N3O3S. The number of rotatable bonds is 6. The molecule has 182 valence electrons. The Morgan fingerprint density at radius 1 is 0.886 bits per heavy atom. The lowest BCUT2D eigenvalue weighted by Crippen LogP contribution is -2.46. The van der Waals surface area contributed by atoms with Crippen LogP contribution < -0.4 is 9.04 Å². The van der Waals surface area contributed by atoms with Gasteiger partial charge in [0, 0.05) is 31.7 Å². The molecule has 0 amide bonds. The molecule has 0 bridgehead atoms. The van der Waals surface area contributed by atoms with Crippen LogP contribution in [-0.4, -0.2) is 58.1 Å². The number of ether oxygens (including phenoxy) is 1. The maximum absolute atomic E-state index is 14.0. The van der Waals surface area contributed by atoms with E-state index in [-0.39, 0.29) is 17.5 Å². The van der Waals surface area contributed by atoms with Gasteiger partial charge in [0.2, 0.25) is 0 Å². The number of hydrogen-bond acceptors (Lipinski definition) is 5. The first-order chi connectivity index (χ1) is 16.9. The molecule has 5 rings (SSSR count). The molecule has 1 unspecified atom stereocenters. The van der Waals surface area contributed by atoms with Crippen LogP contribution in [0, 0.1) is 6.92 Å². The Balaban J connectivity index is 1.58. The number of hydrogen-bond donors (Lipinski definition) is 0. The molecule has 1 fully saturated rings. The third-order valence-corrected chi connectivity index (χ3v) is 8.47. The van der Waals surface area contributed by atoms with E-state index in [0.717, 1.165) is 48.8 Å². The Labute approximate surface area is 208 Å². The van der Waals surface area contributed by atoms with E-state index in [1.54, 1.807) is 12.1 Å². The Morgan fingerprint density at radius 2 is 1.54 bits per heavy atom. The molecule has 0 aliphatic carbocycles. The highest BCUT2D eigenvalue weighted by molar-refractivity contribution is 7.93. The summed E-state index contributed by atoms with van der Waals surface area (Å²) in [6, 6.07) is 24.4. The zero-order chi connectivity index (χ0) is 24.4. The van der Waals surface area contributed by atoms with Crippen molar-refractivity contribution in [3.05, 3.63) is 102 Å². The summed E-state index contributed by atoms with van der Waals surface area (Å²) in [5, 5.41) is 0. The van der Waals surface area contributed by atoms with Gasteiger partial charge in [-0.2, -0.15) is 0 Å². The number of fused-ring (bicyclic) bond motifs is 1. The van der Waals surface area contributed by atoms with Crippen LogP contribution in [0.4, 0.5) is 5.69 Å². The number of sulfonamides is 1. The minimum Gasteiger partial charge on any atom is -0.489 e. The number of piperazine rings is 1. The Kier molecular flexibility index (Phi) is 6.65. The minimum absolute atomic E-state index is 0.153.